The lowest BCUT2D eigenvalue weighted by Crippen LogP contribution is -1.94. The standard InChI is InChI=1S/C11H10FNO/c1-7(14)11-6-13-5-8-4-9(12)2-3-10(8)11/h2-7,14H,1H3. The molecule has 1 atom stereocenters. The van der Waals surface area contributed by atoms with Crippen molar-refractivity contribution in [2.75, 3.05) is 0 Å². The molecule has 3 heteroatoms. The first kappa shape index (κ1) is 9.09. The Morgan fingerprint density at radius 2 is 2.14 bits per heavy atom. The van der Waals surface area contributed by atoms with E-state index < -0.39 is 6.10 Å². The first-order chi connectivity index (χ1) is 6.68. The second-order valence-corrected chi connectivity index (χ2v) is 3.27. The molecule has 0 radical (unpaired) electrons. The van der Waals surface area contributed by atoms with Gasteiger partial charge in [-0.05, 0) is 24.4 Å². The Kier molecular flexibility index (Phi) is 2.17. The monoisotopic (exact) mass is 191 g/mol. The van der Waals surface area contributed by atoms with E-state index in [1.165, 1.54) is 12.1 Å². The Bertz CT molecular complexity index is 468. The number of benzene rings is 1. The topological polar surface area (TPSA) is 33.1 Å². The molecule has 0 fully saturated rings. The fraction of sp³-hybridized carbons (Fsp3) is 0.182. The summed E-state index contributed by atoms with van der Waals surface area (Å²) in [5.74, 6) is -0.290. The van der Waals surface area contributed by atoms with Crippen LogP contribution >= 0.6 is 0 Å². The summed E-state index contributed by atoms with van der Waals surface area (Å²) in [6.07, 6.45) is 2.60. The van der Waals surface area contributed by atoms with Crippen LogP contribution in [0.25, 0.3) is 10.8 Å². The van der Waals surface area contributed by atoms with E-state index in [1.807, 2.05) is 0 Å². The average Bonchev–Trinajstić information content (AvgIpc) is 2.16. The van der Waals surface area contributed by atoms with Crippen LogP contribution in [0.2, 0.25) is 0 Å². The molecule has 1 aromatic carbocycles. The van der Waals surface area contributed by atoms with Crippen LogP contribution in [0.5, 0.6) is 0 Å². The Morgan fingerprint density at radius 3 is 2.86 bits per heavy atom. The van der Waals surface area contributed by atoms with E-state index in [-0.39, 0.29) is 5.82 Å². The molecule has 2 rings (SSSR count). The average molecular weight is 191 g/mol. The van der Waals surface area contributed by atoms with Gasteiger partial charge < -0.3 is 5.11 Å². The van der Waals surface area contributed by atoms with Gasteiger partial charge in [0.15, 0.2) is 0 Å². The number of pyridine rings is 1. The number of rotatable bonds is 1. The Labute approximate surface area is 81.0 Å². The molecule has 1 unspecified atom stereocenters. The van der Waals surface area contributed by atoms with E-state index in [0.29, 0.717) is 5.39 Å². The number of hydrogen-bond acceptors (Lipinski definition) is 2. The summed E-state index contributed by atoms with van der Waals surface area (Å²) in [6.45, 7) is 1.67. The maximum atomic E-state index is 12.9. The zero-order chi connectivity index (χ0) is 10.1. The molecule has 0 spiro atoms. The molecule has 0 amide bonds. The predicted molar refractivity (Wildman–Crippen MR) is 52.3 cm³/mol. The van der Waals surface area contributed by atoms with Crippen LogP contribution in [0.4, 0.5) is 4.39 Å². The summed E-state index contributed by atoms with van der Waals surface area (Å²) in [4.78, 5) is 3.95. The Morgan fingerprint density at radius 1 is 1.36 bits per heavy atom. The van der Waals surface area contributed by atoms with Crippen LogP contribution in [-0.4, -0.2) is 10.1 Å². The van der Waals surface area contributed by atoms with Gasteiger partial charge in [-0.1, -0.05) is 6.07 Å². The highest BCUT2D eigenvalue weighted by atomic mass is 19.1. The van der Waals surface area contributed by atoms with Crippen molar-refractivity contribution < 1.29 is 9.50 Å². The summed E-state index contributed by atoms with van der Waals surface area (Å²) in [7, 11) is 0. The fourth-order valence-electron chi connectivity index (χ4n) is 1.50. The van der Waals surface area contributed by atoms with Crippen molar-refractivity contribution in [1.29, 1.82) is 0 Å². The molecule has 72 valence electrons. The first-order valence-corrected chi connectivity index (χ1v) is 4.39. The van der Waals surface area contributed by atoms with Gasteiger partial charge in [0, 0.05) is 23.3 Å². The van der Waals surface area contributed by atoms with Crippen molar-refractivity contribution in [1.82, 2.24) is 4.98 Å². The summed E-state index contributed by atoms with van der Waals surface area (Å²) in [5.41, 5.74) is 0.725. The number of halogens is 1. The molecule has 0 aliphatic rings. The molecule has 1 aromatic heterocycles. The number of fused-ring (bicyclic) bond motifs is 1. The molecule has 0 aliphatic heterocycles. The fourth-order valence-corrected chi connectivity index (χ4v) is 1.50. The van der Waals surface area contributed by atoms with Gasteiger partial charge in [0.1, 0.15) is 5.82 Å². The molecule has 0 aliphatic carbocycles. The summed E-state index contributed by atoms with van der Waals surface area (Å²) < 4.78 is 12.9. The molecule has 0 saturated carbocycles. The van der Waals surface area contributed by atoms with Gasteiger partial charge in [-0.3, -0.25) is 4.98 Å². The summed E-state index contributed by atoms with van der Waals surface area (Å²) in [5, 5.41) is 11.0. The zero-order valence-corrected chi connectivity index (χ0v) is 7.74. The molecular weight excluding hydrogens is 181 g/mol. The maximum Gasteiger partial charge on any atom is 0.123 e. The third-order valence-corrected chi connectivity index (χ3v) is 2.20. The number of aromatic nitrogens is 1. The molecule has 1 heterocycles. The van der Waals surface area contributed by atoms with Gasteiger partial charge in [0.25, 0.3) is 0 Å². The SMILES string of the molecule is CC(O)c1cncc2cc(F)ccc12. The number of nitrogens with zero attached hydrogens (tertiary/aromatic N) is 1. The smallest absolute Gasteiger partial charge is 0.123 e. The Balaban J connectivity index is 2.75. The molecule has 2 nitrogen and oxygen atoms in total. The van der Waals surface area contributed by atoms with Gasteiger partial charge in [0.05, 0.1) is 6.10 Å². The lowest BCUT2D eigenvalue weighted by Gasteiger charge is -2.07. The van der Waals surface area contributed by atoms with Gasteiger partial charge >= 0.3 is 0 Å². The van der Waals surface area contributed by atoms with Crippen LogP contribution in [0.3, 0.4) is 0 Å². The minimum atomic E-state index is -0.586. The van der Waals surface area contributed by atoms with Crippen LogP contribution in [0, 0.1) is 5.82 Å². The summed E-state index contributed by atoms with van der Waals surface area (Å²) >= 11 is 0. The predicted octanol–water partition coefficient (Wildman–Crippen LogP) is 2.43. The molecule has 14 heavy (non-hydrogen) atoms. The largest absolute Gasteiger partial charge is 0.389 e. The second kappa shape index (κ2) is 3.35. The van der Waals surface area contributed by atoms with Crippen LogP contribution in [-0.2, 0) is 0 Å². The van der Waals surface area contributed by atoms with Gasteiger partial charge in [-0.15, -0.1) is 0 Å². The molecule has 0 bridgehead atoms. The summed E-state index contributed by atoms with van der Waals surface area (Å²) in [6, 6.07) is 4.46. The minimum absolute atomic E-state index is 0.290. The third kappa shape index (κ3) is 1.46. The van der Waals surface area contributed by atoms with Gasteiger partial charge in [-0.2, -0.15) is 0 Å². The normalized spacial score (nSPS) is 13.1. The van der Waals surface area contributed by atoms with E-state index in [4.69, 9.17) is 0 Å². The van der Waals surface area contributed by atoms with Crippen molar-refractivity contribution in [3.63, 3.8) is 0 Å². The van der Waals surface area contributed by atoms with Crippen molar-refractivity contribution >= 4 is 10.8 Å². The third-order valence-electron chi connectivity index (χ3n) is 2.20. The lowest BCUT2D eigenvalue weighted by atomic mass is 10.0. The highest BCUT2D eigenvalue weighted by Gasteiger charge is 2.06. The number of aliphatic hydroxyl groups excluding tert-OH is 1. The zero-order valence-electron chi connectivity index (χ0n) is 7.74. The van der Waals surface area contributed by atoms with Crippen molar-refractivity contribution in [3.05, 3.63) is 42.0 Å². The van der Waals surface area contributed by atoms with E-state index in [1.54, 1.807) is 25.4 Å². The Hall–Kier alpha value is -1.48. The van der Waals surface area contributed by atoms with Crippen molar-refractivity contribution in [2.24, 2.45) is 0 Å². The highest BCUT2D eigenvalue weighted by molar-refractivity contribution is 5.84. The van der Waals surface area contributed by atoms with E-state index in [2.05, 4.69) is 4.98 Å². The molecule has 1 N–H and O–H groups in total. The second-order valence-electron chi connectivity index (χ2n) is 3.27. The maximum absolute atomic E-state index is 12.9. The van der Waals surface area contributed by atoms with Crippen molar-refractivity contribution in [2.45, 2.75) is 13.0 Å². The quantitative estimate of drug-likeness (QED) is 0.750. The molecular formula is C11H10FNO. The van der Waals surface area contributed by atoms with E-state index >= 15 is 0 Å². The molecule has 0 saturated heterocycles. The minimum Gasteiger partial charge on any atom is -0.389 e. The van der Waals surface area contributed by atoms with Crippen molar-refractivity contribution in [3.8, 4) is 0 Å². The van der Waals surface area contributed by atoms with Crippen LogP contribution in [0.1, 0.15) is 18.6 Å². The number of hydrogen-bond donors (Lipinski definition) is 1. The van der Waals surface area contributed by atoms with E-state index in [9.17, 15) is 9.50 Å². The molecule has 2 aromatic rings. The van der Waals surface area contributed by atoms with Gasteiger partial charge in [-0.25, -0.2) is 4.39 Å². The first-order valence-electron chi connectivity index (χ1n) is 4.39. The van der Waals surface area contributed by atoms with Crippen LogP contribution in [0.15, 0.2) is 30.6 Å². The van der Waals surface area contributed by atoms with Crippen LogP contribution < -0.4 is 0 Å². The van der Waals surface area contributed by atoms with Gasteiger partial charge in [0.2, 0.25) is 0 Å². The number of aliphatic hydroxyl groups is 1. The van der Waals surface area contributed by atoms with E-state index in [0.717, 1.165) is 10.9 Å². The lowest BCUT2D eigenvalue weighted by molar-refractivity contribution is 0.200. The highest BCUT2D eigenvalue weighted by Crippen LogP contribution is 2.23.